The molecule has 11 heavy (non-hydrogen) atoms. The summed E-state index contributed by atoms with van der Waals surface area (Å²) in [4.78, 5) is 4.07. The van der Waals surface area contributed by atoms with E-state index in [-0.39, 0.29) is 6.04 Å². The Morgan fingerprint density at radius 1 is 1.55 bits per heavy atom. The van der Waals surface area contributed by atoms with Gasteiger partial charge in [-0.3, -0.25) is 4.98 Å². The molecule has 56 valence electrons. The minimum Gasteiger partial charge on any atom is -0.313 e. The fourth-order valence-electron chi connectivity index (χ4n) is 0.789. The van der Waals surface area contributed by atoms with Gasteiger partial charge in [-0.05, 0) is 19.1 Å². The van der Waals surface area contributed by atoms with Crippen molar-refractivity contribution in [3.63, 3.8) is 0 Å². The Bertz CT molecular complexity index is 269. The van der Waals surface area contributed by atoms with E-state index < -0.39 is 0 Å². The predicted octanol–water partition coefficient (Wildman–Crippen LogP) is 1.10. The fraction of sp³-hybridized carbons (Fsp3) is 0.222. The topological polar surface area (TPSA) is 38.9 Å². The molecule has 0 aliphatic rings. The highest BCUT2D eigenvalue weighted by atomic mass is 14.7. The first-order valence-corrected chi connectivity index (χ1v) is 3.43. The SMILES string of the molecule is CC#CC(N)c1ccccn1. The molecule has 1 aromatic heterocycles. The average molecular weight is 146 g/mol. The summed E-state index contributed by atoms with van der Waals surface area (Å²) in [6.07, 6.45) is 1.71. The van der Waals surface area contributed by atoms with Crippen molar-refractivity contribution in [2.24, 2.45) is 5.73 Å². The van der Waals surface area contributed by atoms with Crippen molar-refractivity contribution in [1.29, 1.82) is 0 Å². The monoisotopic (exact) mass is 146 g/mol. The largest absolute Gasteiger partial charge is 0.313 e. The van der Waals surface area contributed by atoms with Crippen LogP contribution < -0.4 is 5.73 Å². The Kier molecular flexibility index (Phi) is 2.65. The van der Waals surface area contributed by atoms with Gasteiger partial charge in [-0.15, -0.1) is 5.92 Å². The molecule has 0 radical (unpaired) electrons. The molecule has 2 nitrogen and oxygen atoms in total. The molecule has 0 saturated heterocycles. The van der Waals surface area contributed by atoms with Crippen LogP contribution in [0.2, 0.25) is 0 Å². The first-order valence-electron chi connectivity index (χ1n) is 3.43. The van der Waals surface area contributed by atoms with Gasteiger partial charge in [-0.2, -0.15) is 0 Å². The van der Waals surface area contributed by atoms with Gasteiger partial charge >= 0.3 is 0 Å². The second kappa shape index (κ2) is 3.75. The van der Waals surface area contributed by atoms with Crippen molar-refractivity contribution in [2.75, 3.05) is 0 Å². The summed E-state index contributed by atoms with van der Waals surface area (Å²) in [5, 5.41) is 0. The van der Waals surface area contributed by atoms with Crippen LogP contribution in [-0.2, 0) is 0 Å². The summed E-state index contributed by atoms with van der Waals surface area (Å²) in [6.45, 7) is 1.77. The van der Waals surface area contributed by atoms with E-state index in [1.807, 2.05) is 18.2 Å². The lowest BCUT2D eigenvalue weighted by Gasteiger charge is -2.00. The number of pyridine rings is 1. The van der Waals surface area contributed by atoms with E-state index >= 15 is 0 Å². The molecule has 2 N–H and O–H groups in total. The van der Waals surface area contributed by atoms with Crippen LogP contribution in [0.15, 0.2) is 24.4 Å². The molecule has 1 rings (SSSR count). The zero-order chi connectivity index (χ0) is 8.10. The standard InChI is InChI=1S/C9H10N2/c1-2-5-8(10)9-6-3-4-7-11-9/h3-4,6-8H,10H2,1H3. The first-order chi connectivity index (χ1) is 5.34. The van der Waals surface area contributed by atoms with E-state index in [4.69, 9.17) is 5.73 Å². The van der Waals surface area contributed by atoms with E-state index in [9.17, 15) is 0 Å². The second-order valence-corrected chi connectivity index (χ2v) is 2.13. The molecule has 1 atom stereocenters. The number of nitrogens with zero attached hydrogens (tertiary/aromatic N) is 1. The van der Waals surface area contributed by atoms with Gasteiger partial charge in [-0.25, -0.2) is 0 Å². The van der Waals surface area contributed by atoms with Crippen LogP contribution in [0.25, 0.3) is 0 Å². The van der Waals surface area contributed by atoms with Gasteiger partial charge in [0.1, 0.15) is 6.04 Å². The number of nitrogens with two attached hydrogens (primary N) is 1. The summed E-state index contributed by atoms with van der Waals surface area (Å²) in [6, 6.07) is 5.38. The van der Waals surface area contributed by atoms with Crippen molar-refractivity contribution < 1.29 is 0 Å². The van der Waals surface area contributed by atoms with Crippen molar-refractivity contribution in [3.05, 3.63) is 30.1 Å². The van der Waals surface area contributed by atoms with Crippen molar-refractivity contribution in [2.45, 2.75) is 13.0 Å². The third-order valence-electron chi connectivity index (χ3n) is 1.31. The normalized spacial score (nSPS) is 11.5. The Hall–Kier alpha value is -1.33. The lowest BCUT2D eigenvalue weighted by atomic mass is 10.2. The Morgan fingerprint density at radius 2 is 2.36 bits per heavy atom. The van der Waals surface area contributed by atoms with Crippen LogP contribution in [0.3, 0.4) is 0 Å². The molecule has 0 amide bonds. The maximum Gasteiger partial charge on any atom is 0.109 e. The maximum absolute atomic E-state index is 5.67. The Morgan fingerprint density at radius 3 is 2.91 bits per heavy atom. The first kappa shape index (κ1) is 7.77. The number of hydrogen-bond acceptors (Lipinski definition) is 2. The molecule has 0 aromatic carbocycles. The molecule has 0 aliphatic heterocycles. The summed E-state index contributed by atoms with van der Waals surface area (Å²) >= 11 is 0. The molecule has 1 unspecified atom stereocenters. The molecule has 1 heterocycles. The lowest BCUT2D eigenvalue weighted by Crippen LogP contribution is -2.08. The molecule has 0 fully saturated rings. The summed E-state index contributed by atoms with van der Waals surface area (Å²) in [5.74, 6) is 5.58. The molecule has 0 spiro atoms. The van der Waals surface area contributed by atoms with Crippen molar-refractivity contribution >= 4 is 0 Å². The molecule has 2 heteroatoms. The Labute approximate surface area is 66.4 Å². The second-order valence-electron chi connectivity index (χ2n) is 2.13. The molecule has 0 bridgehead atoms. The smallest absolute Gasteiger partial charge is 0.109 e. The van der Waals surface area contributed by atoms with Gasteiger partial charge in [0.25, 0.3) is 0 Å². The highest BCUT2D eigenvalue weighted by Gasteiger charge is 1.99. The quantitative estimate of drug-likeness (QED) is 0.603. The van der Waals surface area contributed by atoms with Crippen LogP contribution in [-0.4, -0.2) is 4.98 Å². The molecule has 0 saturated carbocycles. The van der Waals surface area contributed by atoms with Gasteiger partial charge in [-0.1, -0.05) is 12.0 Å². The molecular formula is C9H10N2. The van der Waals surface area contributed by atoms with Gasteiger partial charge < -0.3 is 5.73 Å². The van der Waals surface area contributed by atoms with Gasteiger partial charge in [0, 0.05) is 6.20 Å². The zero-order valence-electron chi connectivity index (χ0n) is 6.41. The average Bonchev–Trinajstić information content (AvgIpc) is 2.07. The Balaban J connectivity index is 2.82. The minimum absolute atomic E-state index is 0.249. The predicted molar refractivity (Wildman–Crippen MR) is 44.6 cm³/mol. The molecular weight excluding hydrogens is 136 g/mol. The fourth-order valence-corrected chi connectivity index (χ4v) is 0.789. The summed E-state index contributed by atoms with van der Waals surface area (Å²) in [7, 11) is 0. The summed E-state index contributed by atoms with van der Waals surface area (Å²) in [5.41, 5.74) is 6.49. The zero-order valence-corrected chi connectivity index (χ0v) is 6.41. The van der Waals surface area contributed by atoms with Gasteiger partial charge in [0.2, 0.25) is 0 Å². The van der Waals surface area contributed by atoms with Gasteiger partial charge in [0.15, 0.2) is 0 Å². The van der Waals surface area contributed by atoms with E-state index in [1.54, 1.807) is 13.1 Å². The third-order valence-corrected chi connectivity index (χ3v) is 1.31. The number of rotatable bonds is 1. The minimum atomic E-state index is -0.249. The number of aromatic nitrogens is 1. The molecule has 1 aromatic rings. The van der Waals surface area contributed by atoms with E-state index in [1.165, 1.54) is 0 Å². The van der Waals surface area contributed by atoms with Crippen LogP contribution in [0, 0.1) is 11.8 Å². The maximum atomic E-state index is 5.67. The van der Waals surface area contributed by atoms with Crippen molar-refractivity contribution in [1.82, 2.24) is 4.98 Å². The van der Waals surface area contributed by atoms with E-state index in [0.717, 1.165) is 5.69 Å². The van der Waals surface area contributed by atoms with E-state index in [2.05, 4.69) is 16.8 Å². The highest BCUT2D eigenvalue weighted by molar-refractivity contribution is 5.18. The van der Waals surface area contributed by atoms with Crippen LogP contribution >= 0.6 is 0 Å². The van der Waals surface area contributed by atoms with Crippen LogP contribution in [0.1, 0.15) is 18.7 Å². The number of hydrogen-bond donors (Lipinski definition) is 1. The third kappa shape index (κ3) is 2.06. The summed E-state index contributed by atoms with van der Waals surface area (Å²) < 4.78 is 0. The van der Waals surface area contributed by atoms with Crippen LogP contribution in [0.5, 0.6) is 0 Å². The van der Waals surface area contributed by atoms with Crippen molar-refractivity contribution in [3.8, 4) is 11.8 Å². The lowest BCUT2D eigenvalue weighted by molar-refractivity contribution is 0.889. The van der Waals surface area contributed by atoms with E-state index in [0.29, 0.717) is 0 Å². The van der Waals surface area contributed by atoms with Gasteiger partial charge in [0.05, 0.1) is 5.69 Å². The van der Waals surface area contributed by atoms with Crippen LogP contribution in [0.4, 0.5) is 0 Å². The molecule has 0 aliphatic carbocycles. The highest BCUT2D eigenvalue weighted by Crippen LogP contribution is 2.02.